The lowest BCUT2D eigenvalue weighted by Crippen LogP contribution is -2.41. The largest absolute Gasteiger partial charge is 0.354 e. The highest BCUT2D eigenvalue weighted by Crippen LogP contribution is 2.26. The molecule has 0 aliphatic carbocycles. The topological polar surface area (TPSA) is 66.5 Å². The number of hydrogen-bond donors (Lipinski definition) is 1. The Morgan fingerprint density at radius 2 is 1.68 bits per heavy atom. The standard InChI is InChI=1S/C25H27FN2O3S3/c1-19-7-9-23(10-8-19)33-16-4-15-27-25(29)18-28(21-6-3-5-20(26)17-21)34(30,31)24-13-11-22(32-2)12-14-24/h3,5-14,17H,4,15-16,18H2,1-2H3,(H,27,29). The molecule has 34 heavy (non-hydrogen) atoms. The highest BCUT2D eigenvalue weighted by Gasteiger charge is 2.27. The second-order valence-electron chi connectivity index (χ2n) is 7.53. The molecule has 0 bridgehead atoms. The van der Waals surface area contributed by atoms with Crippen molar-refractivity contribution in [3.05, 3.63) is 84.2 Å². The smallest absolute Gasteiger partial charge is 0.264 e. The average Bonchev–Trinajstić information content (AvgIpc) is 2.83. The van der Waals surface area contributed by atoms with Gasteiger partial charge in [-0.1, -0.05) is 23.8 Å². The monoisotopic (exact) mass is 518 g/mol. The van der Waals surface area contributed by atoms with E-state index in [1.165, 1.54) is 47.7 Å². The van der Waals surface area contributed by atoms with Crippen molar-refractivity contribution in [1.82, 2.24) is 5.32 Å². The Labute approximate surface area is 209 Å². The molecule has 0 aliphatic rings. The maximum absolute atomic E-state index is 13.9. The van der Waals surface area contributed by atoms with Crippen molar-refractivity contribution < 1.29 is 17.6 Å². The van der Waals surface area contributed by atoms with Crippen LogP contribution in [0.2, 0.25) is 0 Å². The molecule has 180 valence electrons. The van der Waals surface area contributed by atoms with Gasteiger partial charge in [0.05, 0.1) is 10.6 Å². The Hall–Kier alpha value is -2.49. The maximum atomic E-state index is 13.9. The second-order valence-corrected chi connectivity index (χ2v) is 11.4. The normalized spacial score (nSPS) is 11.3. The Morgan fingerprint density at radius 1 is 1.00 bits per heavy atom. The molecular formula is C25H27FN2O3S3. The minimum absolute atomic E-state index is 0.0388. The molecule has 0 fully saturated rings. The Balaban J connectivity index is 1.65. The summed E-state index contributed by atoms with van der Waals surface area (Å²) in [5, 5.41) is 2.78. The van der Waals surface area contributed by atoms with E-state index in [-0.39, 0.29) is 10.6 Å². The van der Waals surface area contributed by atoms with Crippen molar-refractivity contribution in [3.63, 3.8) is 0 Å². The van der Waals surface area contributed by atoms with Crippen LogP contribution in [0.15, 0.2) is 87.5 Å². The van der Waals surface area contributed by atoms with E-state index in [1.54, 1.807) is 23.9 Å². The maximum Gasteiger partial charge on any atom is 0.264 e. The van der Waals surface area contributed by atoms with Crippen LogP contribution in [0.25, 0.3) is 0 Å². The summed E-state index contributed by atoms with van der Waals surface area (Å²) in [6, 6.07) is 19.9. The quantitative estimate of drug-likeness (QED) is 0.274. The summed E-state index contributed by atoms with van der Waals surface area (Å²) in [6.45, 7) is 2.01. The van der Waals surface area contributed by atoms with Crippen LogP contribution in [0.4, 0.5) is 10.1 Å². The summed E-state index contributed by atoms with van der Waals surface area (Å²) in [6.07, 6.45) is 2.62. The molecule has 0 atom stereocenters. The van der Waals surface area contributed by atoms with Crippen LogP contribution in [0.5, 0.6) is 0 Å². The van der Waals surface area contributed by atoms with Crippen molar-refractivity contribution in [2.45, 2.75) is 28.0 Å². The van der Waals surface area contributed by atoms with Gasteiger partial charge in [0.2, 0.25) is 5.91 Å². The Morgan fingerprint density at radius 3 is 2.32 bits per heavy atom. The lowest BCUT2D eigenvalue weighted by Gasteiger charge is -2.24. The number of sulfonamides is 1. The van der Waals surface area contributed by atoms with E-state index in [0.717, 1.165) is 32.3 Å². The van der Waals surface area contributed by atoms with Gasteiger partial charge >= 0.3 is 0 Å². The highest BCUT2D eigenvalue weighted by molar-refractivity contribution is 7.99. The molecule has 1 N–H and O–H groups in total. The van der Waals surface area contributed by atoms with E-state index in [1.807, 2.05) is 13.2 Å². The molecule has 3 aromatic rings. The van der Waals surface area contributed by atoms with E-state index in [0.29, 0.717) is 6.54 Å². The van der Waals surface area contributed by atoms with Gasteiger partial charge in [0.25, 0.3) is 10.0 Å². The molecule has 0 unspecified atom stereocenters. The van der Waals surface area contributed by atoms with Gasteiger partial charge in [-0.15, -0.1) is 23.5 Å². The van der Waals surface area contributed by atoms with Crippen molar-refractivity contribution in [3.8, 4) is 0 Å². The first kappa shape index (κ1) is 26.1. The second kappa shape index (κ2) is 12.3. The number of anilines is 1. The van der Waals surface area contributed by atoms with Crippen LogP contribution < -0.4 is 9.62 Å². The number of aryl methyl sites for hydroxylation is 1. The molecule has 0 saturated carbocycles. The number of halogens is 1. The first-order chi connectivity index (χ1) is 16.3. The third-order valence-corrected chi connectivity index (χ3v) is 8.59. The number of rotatable bonds is 11. The first-order valence-corrected chi connectivity index (χ1v) is 14.3. The fourth-order valence-corrected chi connectivity index (χ4v) is 5.81. The van der Waals surface area contributed by atoms with Crippen molar-refractivity contribution in [2.75, 3.05) is 29.4 Å². The zero-order valence-electron chi connectivity index (χ0n) is 19.0. The summed E-state index contributed by atoms with van der Waals surface area (Å²) < 4.78 is 41.5. The number of thioether (sulfide) groups is 2. The molecule has 0 radical (unpaired) electrons. The van der Waals surface area contributed by atoms with Gasteiger partial charge in [0.1, 0.15) is 12.4 Å². The van der Waals surface area contributed by atoms with Gasteiger partial charge in [-0.3, -0.25) is 9.10 Å². The average molecular weight is 519 g/mol. The zero-order valence-corrected chi connectivity index (χ0v) is 21.5. The molecule has 0 spiro atoms. The van der Waals surface area contributed by atoms with Crippen LogP contribution >= 0.6 is 23.5 Å². The van der Waals surface area contributed by atoms with Gasteiger partial charge in [-0.2, -0.15) is 0 Å². The van der Waals surface area contributed by atoms with Crippen molar-refractivity contribution >= 4 is 45.1 Å². The zero-order chi connectivity index (χ0) is 24.6. The van der Waals surface area contributed by atoms with Gasteiger partial charge in [0.15, 0.2) is 0 Å². The Kier molecular flexibility index (Phi) is 9.44. The summed E-state index contributed by atoms with van der Waals surface area (Å²) in [7, 11) is -4.07. The van der Waals surface area contributed by atoms with Gasteiger partial charge in [0, 0.05) is 16.3 Å². The molecular weight excluding hydrogens is 491 g/mol. The van der Waals surface area contributed by atoms with E-state index < -0.39 is 28.3 Å². The number of benzene rings is 3. The summed E-state index contributed by atoms with van der Waals surface area (Å²) in [5.41, 5.74) is 1.30. The molecule has 3 aromatic carbocycles. The number of carbonyl (C=O) groups is 1. The summed E-state index contributed by atoms with van der Waals surface area (Å²) in [5.74, 6) is -0.213. The summed E-state index contributed by atoms with van der Waals surface area (Å²) >= 11 is 3.19. The fourth-order valence-electron chi connectivity index (χ4n) is 3.13. The first-order valence-electron chi connectivity index (χ1n) is 10.7. The van der Waals surface area contributed by atoms with Crippen LogP contribution in [0.1, 0.15) is 12.0 Å². The van der Waals surface area contributed by atoms with E-state index in [9.17, 15) is 17.6 Å². The van der Waals surface area contributed by atoms with Gasteiger partial charge < -0.3 is 5.32 Å². The van der Waals surface area contributed by atoms with E-state index in [4.69, 9.17) is 0 Å². The number of carbonyl (C=O) groups excluding carboxylic acids is 1. The minimum Gasteiger partial charge on any atom is -0.354 e. The molecule has 3 rings (SSSR count). The van der Waals surface area contributed by atoms with Crippen LogP contribution in [-0.4, -0.2) is 39.4 Å². The molecule has 0 aromatic heterocycles. The van der Waals surface area contributed by atoms with E-state index >= 15 is 0 Å². The fraction of sp³-hybridized carbons (Fsp3) is 0.240. The van der Waals surface area contributed by atoms with E-state index in [2.05, 4.69) is 29.6 Å². The SMILES string of the molecule is CSc1ccc(S(=O)(=O)N(CC(=O)NCCCSc2ccc(C)cc2)c2cccc(F)c2)cc1. The predicted octanol–water partition coefficient (Wildman–Crippen LogP) is 5.35. The third-order valence-electron chi connectivity index (χ3n) is 4.96. The number of nitrogens with zero attached hydrogens (tertiary/aromatic N) is 1. The van der Waals surface area contributed by atoms with Crippen molar-refractivity contribution in [2.24, 2.45) is 0 Å². The third kappa shape index (κ3) is 7.25. The Bertz CT molecular complexity index is 1200. The highest BCUT2D eigenvalue weighted by atomic mass is 32.2. The molecule has 0 heterocycles. The lowest BCUT2D eigenvalue weighted by atomic mass is 10.2. The van der Waals surface area contributed by atoms with Crippen molar-refractivity contribution in [1.29, 1.82) is 0 Å². The summed E-state index contributed by atoms with van der Waals surface area (Å²) in [4.78, 5) is 14.8. The van der Waals surface area contributed by atoms with Crippen LogP contribution in [-0.2, 0) is 14.8 Å². The lowest BCUT2D eigenvalue weighted by molar-refractivity contribution is -0.119. The van der Waals surface area contributed by atoms with Gasteiger partial charge in [-0.25, -0.2) is 12.8 Å². The molecule has 5 nitrogen and oxygen atoms in total. The molecule has 9 heteroatoms. The molecule has 0 saturated heterocycles. The predicted molar refractivity (Wildman–Crippen MR) is 139 cm³/mol. The molecule has 0 aliphatic heterocycles. The van der Waals surface area contributed by atoms with Crippen LogP contribution in [0, 0.1) is 12.7 Å². The number of nitrogens with one attached hydrogen (secondary N) is 1. The number of amides is 1. The molecule has 1 amide bonds. The van der Waals surface area contributed by atoms with Gasteiger partial charge in [-0.05, 0) is 80.0 Å². The van der Waals surface area contributed by atoms with Crippen LogP contribution in [0.3, 0.4) is 0 Å². The number of hydrogen-bond acceptors (Lipinski definition) is 5. The minimum atomic E-state index is -4.07.